The van der Waals surface area contributed by atoms with E-state index in [2.05, 4.69) is 26.4 Å². The molecule has 0 atom stereocenters. The van der Waals surface area contributed by atoms with Crippen molar-refractivity contribution < 1.29 is 22.7 Å². The van der Waals surface area contributed by atoms with Crippen LogP contribution >= 0.6 is 11.3 Å². The lowest BCUT2D eigenvalue weighted by molar-refractivity contribution is -0.274. The van der Waals surface area contributed by atoms with Crippen molar-refractivity contribution in [1.29, 1.82) is 0 Å². The molecular weight excluding hydrogens is 379 g/mol. The van der Waals surface area contributed by atoms with Crippen LogP contribution in [0.1, 0.15) is 4.88 Å². The highest BCUT2D eigenvalue weighted by atomic mass is 32.1. The number of benzene rings is 1. The van der Waals surface area contributed by atoms with Crippen LogP contribution in [0.15, 0.2) is 41.8 Å². The number of rotatable bonds is 5. The van der Waals surface area contributed by atoms with E-state index in [-0.39, 0.29) is 11.8 Å². The Balaban J connectivity index is 1.42. The fraction of sp³-hybridized carbons (Fsp3) is 0.389. The zero-order valence-corrected chi connectivity index (χ0v) is 15.4. The summed E-state index contributed by atoms with van der Waals surface area (Å²) in [5, 5.41) is 4.77. The normalized spacial score (nSPS) is 15.6. The Morgan fingerprint density at radius 2 is 1.81 bits per heavy atom. The first kappa shape index (κ1) is 19.5. The second-order valence-corrected chi connectivity index (χ2v) is 7.19. The maximum Gasteiger partial charge on any atom is 0.573 e. The maximum atomic E-state index is 12.3. The van der Waals surface area contributed by atoms with Crippen LogP contribution in [0.25, 0.3) is 0 Å². The van der Waals surface area contributed by atoms with Crippen molar-refractivity contribution in [2.45, 2.75) is 12.8 Å². The number of ether oxygens (including phenoxy) is 1. The first-order valence-corrected chi connectivity index (χ1v) is 9.43. The van der Waals surface area contributed by atoms with Crippen LogP contribution in [-0.4, -0.2) is 54.9 Å². The number of piperazine rings is 1. The number of hydrogen-bond donors (Lipinski definition) is 1. The summed E-state index contributed by atoms with van der Waals surface area (Å²) in [5.74, 6) is -0.320. The van der Waals surface area contributed by atoms with Crippen LogP contribution in [0.4, 0.5) is 23.7 Å². The number of amides is 2. The van der Waals surface area contributed by atoms with Crippen LogP contribution in [0, 0.1) is 0 Å². The van der Waals surface area contributed by atoms with E-state index in [4.69, 9.17) is 0 Å². The average molecular weight is 399 g/mol. The SMILES string of the molecule is O=C(Nc1ccc(OC(F)(F)F)cc1)N1CCN(CCc2cccs2)CC1. The molecule has 1 saturated heterocycles. The van der Waals surface area contributed by atoms with Crippen molar-refractivity contribution in [1.82, 2.24) is 9.80 Å². The third-order valence-electron chi connectivity index (χ3n) is 4.25. The average Bonchev–Trinajstić information content (AvgIpc) is 3.14. The molecule has 0 aliphatic carbocycles. The van der Waals surface area contributed by atoms with E-state index in [1.807, 2.05) is 6.07 Å². The number of urea groups is 1. The number of hydrogen-bond acceptors (Lipinski definition) is 4. The predicted octanol–water partition coefficient (Wildman–Crippen LogP) is 4.04. The molecule has 0 saturated carbocycles. The molecule has 0 bridgehead atoms. The van der Waals surface area contributed by atoms with Gasteiger partial charge in [-0.3, -0.25) is 4.90 Å². The number of thiophene rings is 1. The van der Waals surface area contributed by atoms with Gasteiger partial charge in [0, 0.05) is 43.3 Å². The van der Waals surface area contributed by atoms with Crippen LogP contribution < -0.4 is 10.1 Å². The van der Waals surface area contributed by atoms with E-state index in [1.165, 1.54) is 29.1 Å². The Morgan fingerprint density at radius 1 is 1.11 bits per heavy atom. The van der Waals surface area contributed by atoms with Gasteiger partial charge in [-0.05, 0) is 42.1 Å². The minimum Gasteiger partial charge on any atom is -0.406 e. The van der Waals surface area contributed by atoms with Crippen molar-refractivity contribution in [2.75, 3.05) is 38.0 Å². The maximum absolute atomic E-state index is 12.3. The zero-order valence-electron chi connectivity index (χ0n) is 14.5. The van der Waals surface area contributed by atoms with Crippen molar-refractivity contribution in [3.8, 4) is 5.75 Å². The molecule has 1 fully saturated rings. The summed E-state index contributed by atoms with van der Waals surface area (Å²) in [4.78, 5) is 17.7. The number of anilines is 1. The Labute approximate surface area is 159 Å². The molecule has 1 aliphatic rings. The Bertz CT molecular complexity index is 727. The molecule has 1 aromatic heterocycles. The molecule has 0 spiro atoms. The molecule has 1 aliphatic heterocycles. The second kappa shape index (κ2) is 8.62. The number of alkyl halides is 3. The monoisotopic (exact) mass is 399 g/mol. The smallest absolute Gasteiger partial charge is 0.406 e. The first-order valence-electron chi connectivity index (χ1n) is 8.55. The molecule has 2 amide bonds. The molecule has 0 unspecified atom stereocenters. The highest BCUT2D eigenvalue weighted by Gasteiger charge is 2.31. The summed E-state index contributed by atoms with van der Waals surface area (Å²) in [6.45, 7) is 3.81. The number of halogens is 3. The fourth-order valence-electron chi connectivity index (χ4n) is 2.84. The molecule has 9 heteroatoms. The molecular formula is C18H20F3N3O2S. The molecule has 146 valence electrons. The van der Waals surface area contributed by atoms with Gasteiger partial charge in [0.2, 0.25) is 0 Å². The molecule has 0 radical (unpaired) electrons. The molecule has 1 aromatic carbocycles. The fourth-order valence-corrected chi connectivity index (χ4v) is 3.54. The van der Waals surface area contributed by atoms with Gasteiger partial charge in [0.1, 0.15) is 5.75 Å². The summed E-state index contributed by atoms with van der Waals surface area (Å²) in [5.41, 5.74) is 0.426. The summed E-state index contributed by atoms with van der Waals surface area (Å²) in [7, 11) is 0. The quantitative estimate of drug-likeness (QED) is 0.826. The Morgan fingerprint density at radius 3 is 2.41 bits per heavy atom. The lowest BCUT2D eigenvalue weighted by Gasteiger charge is -2.34. The van der Waals surface area contributed by atoms with Crippen LogP contribution in [-0.2, 0) is 6.42 Å². The molecule has 1 N–H and O–H groups in total. The van der Waals surface area contributed by atoms with Gasteiger partial charge in [0.25, 0.3) is 0 Å². The van der Waals surface area contributed by atoms with Crippen molar-refractivity contribution >= 4 is 23.1 Å². The number of nitrogens with zero attached hydrogens (tertiary/aromatic N) is 2. The number of nitrogens with one attached hydrogen (secondary N) is 1. The summed E-state index contributed by atoms with van der Waals surface area (Å²) in [6.07, 6.45) is -3.72. The van der Waals surface area contributed by atoms with Crippen LogP contribution in [0.2, 0.25) is 0 Å². The van der Waals surface area contributed by atoms with Gasteiger partial charge in [-0.1, -0.05) is 6.07 Å². The molecule has 27 heavy (non-hydrogen) atoms. The number of carbonyl (C=O) groups is 1. The van der Waals surface area contributed by atoms with Gasteiger partial charge in [-0.15, -0.1) is 24.5 Å². The van der Waals surface area contributed by atoms with E-state index < -0.39 is 6.36 Å². The zero-order chi connectivity index (χ0) is 19.3. The topological polar surface area (TPSA) is 44.8 Å². The Hall–Kier alpha value is -2.26. The van der Waals surface area contributed by atoms with Gasteiger partial charge in [-0.25, -0.2) is 4.79 Å². The summed E-state index contributed by atoms with van der Waals surface area (Å²) < 4.78 is 40.3. The van der Waals surface area contributed by atoms with E-state index in [0.29, 0.717) is 18.8 Å². The summed E-state index contributed by atoms with van der Waals surface area (Å²) >= 11 is 1.75. The van der Waals surface area contributed by atoms with Gasteiger partial charge < -0.3 is 15.0 Å². The van der Waals surface area contributed by atoms with Crippen molar-refractivity contribution in [2.24, 2.45) is 0 Å². The molecule has 2 heterocycles. The molecule has 3 rings (SSSR count). The van der Waals surface area contributed by atoms with Gasteiger partial charge in [0.15, 0.2) is 0 Å². The van der Waals surface area contributed by atoms with Gasteiger partial charge >= 0.3 is 12.4 Å². The highest BCUT2D eigenvalue weighted by molar-refractivity contribution is 7.09. The van der Waals surface area contributed by atoms with Gasteiger partial charge in [0.05, 0.1) is 0 Å². The minimum absolute atomic E-state index is 0.252. The van der Waals surface area contributed by atoms with Crippen LogP contribution in [0.3, 0.4) is 0 Å². The standard InChI is InChI=1S/C18H20F3N3O2S/c19-18(20,21)26-15-5-3-14(4-6-15)22-17(25)24-11-9-23(10-12-24)8-7-16-2-1-13-27-16/h1-6,13H,7-12H2,(H,22,25). The highest BCUT2D eigenvalue weighted by Crippen LogP contribution is 2.24. The van der Waals surface area contributed by atoms with E-state index in [0.717, 1.165) is 26.1 Å². The second-order valence-electron chi connectivity index (χ2n) is 6.16. The van der Waals surface area contributed by atoms with Gasteiger partial charge in [-0.2, -0.15) is 0 Å². The third kappa shape index (κ3) is 6.14. The van der Waals surface area contributed by atoms with E-state index in [9.17, 15) is 18.0 Å². The minimum atomic E-state index is -4.73. The lowest BCUT2D eigenvalue weighted by atomic mass is 10.2. The van der Waals surface area contributed by atoms with Crippen LogP contribution in [0.5, 0.6) is 5.75 Å². The Kier molecular flexibility index (Phi) is 6.22. The van der Waals surface area contributed by atoms with E-state index in [1.54, 1.807) is 16.2 Å². The number of carbonyl (C=O) groups excluding carboxylic acids is 1. The third-order valence-corrected chi connectivity index (χ3v) is 5.19. The summed E-state index contributed by atoms with van der Waals surface area (Å²) in [6, 6.07) is 9.03. The molecule has 5 nitrogen and oxygen atoms in total. The van der Waals surface area contributed by atoms with E-state index >= 15 is 0 Å². The van der Waals surface area contributed by atoms with Crippen molar-refractivity contribution in [3.05, 3.63) is 46.7 Å². The first-order chi connectivity index (χ1) is 12.9. The largest absolute Gasteiger partial charge is 0.573 e. The van der Waals surface area contributed by atoms with Crippen molar-refractivity contribution in [3.63, 3.8) is 0 Å². The molecule has 2 aromatic rings. The lowest BCUT2D eigenvalue weighted by Crippen LogP contribution is -2.50. The predicted molar refractivity (Wildman–Crippen MR) is 98.2 cm³/mol.